The predicted molar refractivity (Wildman–Crippen MR) is 114 cm³/mol. The lowest BCUT2D eigenvalue weighted by Gasteiger charge is -2.24. The van der Waals surface area contributed by atoms with E-state index in [9.17, 15) is 13.2 Å². The molecule has 0 aliphatic carbocycles. The maximum Gasteiger partial charge on any atom is 0.366 e. The molecule has 0 saturated carbocycles. The highest BCUT2D eigenvalue weighted by Gasteiger charge is 2.35. The van der Waals surface area contributed by atoms with Gasteiger partial charge in [0.25, 0.3) is 0 Å². The number of hydrogen-bond donors (Lipinski definition) is 0. The van der Waals surface area contributed by atoms with Crippen LogP contribution in [0.3, 0.4) is 0 Å². The predicted octanol–water partition coefficient (Wildman–Crippen LogP) is 2.21. The quantitative estimate of drug-likeness (QED) is 0.555. The molecular weight excluding hydrogens is 408 g/mol. The van der Waals surface area contributed by atoms with Crippen molar-refractivity contribution >= 4 is 27.2 Å². The Hall–Kier alpha value is -1.94. The number of carbonyl (C=O) groups is 1. The molecule has 2 heterocycles. The molecule has 1 saturated heterocycles. The molecule has 8 nitrogen and oxygen atoms in total. The average molecular weight is 439 g/mol. The van der Waals surface area contributed by atoms with Crippen LogP contribution in [0.25, 0.3) is 10.9 Å². The minimum Gasteiger partial charge on any atom is -0.459 e. The van der Waals surface area contributed by atoms with Gasteiger partial charge in [-0.15, -0.1) is 0 Å². The first kappa shape index (κ1) is 22.7. The van der Waals surface area contributed by atoms with Crippen LogP contribution < -0.4 is 0 Å². The van der Waals surface area contributed by atoms with Crippen molar-refractivity contribution in [1.29, 1.82) is 0 Å². The monoisotopic (exact) mass is 438 g/mol. The number of carbonyl (C=O) groups excluding carboxylic acids is 1. The number of rotatable bonds is 9. The summed E-state index contributed by atoms with van der Waals surface area (Å²) in [5.41, 5.74) is 0.355. The van der Waals surface area contributed by atoms with Crippen molar-refractivity contribution < 1.29 is 26.9 Å². The van der Waals surface area contributed by atoms with Gasteiger partial charge in [0, 0.05) is 24.5 Å². The second-order valence-corrected chi connectivity index (χ2v) is 10.00. The van der Waals surface area contributed by atoms with E-state index in [4.69, 9.17) is 13.7 Å². The summed E-state index contributed by atoms with van der Waals surface area (Å²) in [5.74, 6) is -0.503. The van der Waals surface area contributed by atoms with Crippen LogP contribution in [0.5, 0.6) is 0 Å². The Morgan fingerprint density at radius 1 is 1.30 bits per heavy atom. The summed E-state index contributed by atoms with van der Waals surface area (Å²) in [6.45, 7) is 4.61. The molecule has 0 N–H and O–H groups in total. The Kier molecular flexibility index (Phi) is 6.86. The van der Waals surface area contributed by atoms with Gasteiger partial charge in [-0.1, -0.05) is 18.2 Å². The van der Waals surface area contributed by atoms with Crippen molar-refractivity contribution in [1.82, 2.24) is 8.87 Å². The summed E-state index contributed by atoms with van der Waals surface area (Å²) in [7, 11) is -0.188. The summed E-state index contributed by atoms with van der Waals surface area (Å²) in [4.78, 5) is 14.5. The minimum atomic E-state index is -4.13. The number of aromatic nitrogens is 1. The van der Waals surface area contributed by atoms with E-state index in [-0.39, 0.29) is 12.7 Å². The minimum absolute atomic E-state index is 0.291. The molecule has 0 spiro atoms. The van der Waals surface area contributed by atoms with Gasteiger partial charge in [-0.25, -0.2) is 3.97 Å². The molecule has 1 aliphatic heterocycles. The SMILES string of the molecule is CN(C)CCc1cn(S(=O)(=O)OCC(C)(C)C(=O)OC2CCOC2)c2ccccc12. The molecule has 9 heteroatoms. The Morgan fingerprint density at radius 3 is 2.70 bits per heavy atom. The molecule has 1 aromatic heterocycles. The number of nitrogens with zero attached hydrogens (tertiary/aromatic N) is 2. The summed E-state index contributed by atoms with van der Waals surface area (Å²) >= 11 is 0. The summed E-state index contributed by atoms with van der Waals surface area (Å²) in [5, 5.41) is 0.867. The fraction of sp³-hybridized carbons (Fsp3) is 0.571. The first-order valence-electron chi connectivity index (χ1n) is 10.0. The van der Waals surface area contributed by atoms with Gasteiger partial charge < -0.3 is 14.4 Å². The molecule has 2 aromatic rings. The van der Waals surface area contributed by atoms with Gasteiger partial charge in [0.15, 0.2) is 0 Å². The molecule has 30 heavy (non-hydrogen) atoms. The van der Waals surface area contributed by atoms with Crippen LogP contribution in [0.2, 0.25) is 0 Å². The second-order valence-electron chi connectivity index (χ2n) is 8.52. The fourth-order valence-electron chi connectivity index (χ4n) is 3.20. The lowest BCUT2D eigenvalue weighted by molar-refractivity contribution is -0.161. The van der Waals surface area contributed by atoms with Crippen LogP contribution in [-0.2, 0) is 35.2 Å². The molecular formula is C21H30N2O6S. The normalized spacial score (nSPS) is 17.7. The van der Waals surface area contributed by atoms with E-state index in [0.717, 1.165) is 21.5 Å². The van der Waals surface area contributed by atoms with E-state index in [1.165, 1.54) is 0 Å². The Balaban J connectivity index is 1.76. The van der Waals surface area contributed by atoms with Crippen molar-refractivity contribution in [2.24, 2.45) is 5.41 Å². The molecule has 3 rings (SSSR count). The molecule has 0 bridgehead atoms. The van der Waals surface area contributed by atoms with Crippen LogP contribution in [0, 0.1) is 5.41 Å². The van der Waals surface area contributed by atoms with Gasteiger partial charge in [0.1, 0.15) is 6.10 Å². The number of likely N-dealkylation sites (N-methyl/N-ethyl adjacent to an activating group) is 1. The lowest BCUT2D eigenvalue weighted by Crippen LogP contribution is -2.36. The van der Waals surface area contributed by atoms with Gasteiger partial charge in [-0.3, -0.25) is 8.98 Å². The van der Waals surface area contributed by atoms with E-state index in [0.29, 0.717) is 31.6 Å². The van der Waals surface area contributed by atoms with E-state index >= 15 is 0 Å². The highest BCUT2D eigenvalue weighted by molar-refractivity contribution is 7.85. The zero-order chi connectivity index (χ0) is 21.9. The number of hydrogen-bond acceptors (Lipinski definition) is 7. The molecule has 1 aliphatic rings. The third-order valence-electron chi connectivity index (χ3n) is 5.11. The molecule has 1 unspecified atom stereocenters. The van der Waals surface area contributed by atoms with E-state index < -0.39 is 21.7 Å². The fourth-order valence-corrected chi connectivity index (χ4v) is 4.41. The largest absolute Gasteiger partial charge is 0.459 e. The standard InChI is InChI=1S/C21H30N2O6S/c1-21(2,20(24)29-17-10-12-27-14-17)15-28-30(25,26)23-13-16(9-11-22(3)4)18-7-5-6-8-19(18)23/h5-8,13,17H,9-12,14-15H2,1-4H3. The van der Waals surface area contributed by atoms with Crippen molar-refractivity contribution in [3.63, 3.8) is 0 Å². The third kappa shape index (κ3) is 5.21. The van der Waals surface area contributed by atoms with Crippen molar-refractivity contribution in [2.75, 3.05) is 40.5 Å². The summed E-state index contributed by atoms with van der Waals surface area (Å²) in [6, 6.07) is 7.31. The first-order valence-corrected chi connectivity index (χ1v) is 11.4. The topological polar surface area (TPSA) is 87.1 Å². The maximum absolute atomic E-state index is 13.0. The Morgan fingerprint density at radius 2 is 2.03 bits per heavy atom. The lowest BCUT2D eigenvalue weighted by atomic mass is 9.95. The van der Waals surface area contributed by atoms with Gasteiger partial charge in [-0.2, -0.15) is 8.42 Å². The zero-order valence-corrected chi connectivity index (χ0v) is 18.8. The summed E-state index contributed by atoms with van der Waals surface area (Å²) < 4.78 is 43.0. The molecule has 1 atom stereocenters. The molecule has 1 aromatic carbocycles. The van der Waals surface area contributed by atoms with Crippen molar-refractivity contribution in [2.45, 2.75) is 32.8 Å². The number of ether oxygens (including phenoxy) is 2. The van der Waals surface area contributed by atoms with Crippen LogP contribution in [0.1, 0.15) is 25.8 Å². The van der Waals surface area contributed by atoms with Crippen molar-refractivity contribution in [3.05, 3.63) is 36.0 Å². The van der Waals surface area contributed by atoms with Gasteiger partial charge in [-0.05, 0) is 46.0 Å². The van der Waals surface area contributed by atoms with Crippen LogP contribution in [-0.4, -0.2) is 69.8 Å². The van der Waals surface area contributed by atoms with E-state index in [2.05, 4.69) is 0 Å². The number of benzene rings is 1. The van der Waals surface area contributed by atoms with Gasteiger partial charge in [0.05, 0.1) is 30.8 Å². The average Bonchev–Trinajstić information content (AvgIpc) is 3.33. The van der Waals surface area contributed by atoms with Crippen molar-refractivity contribution in [3.8, 4) is 0 Å². The number of esters is 1. The first-order chi connectivity index (χ1) is 14.1. The summed E-state index contributed by atoms with van der Waals surface area (Å²) in [6.07, 6.45) is 2.66. The molecule has 1 fully saturated rings. The molecule has 0 radical (unpaired) electrons. The highest BCUT2D eigenvalue weighted by atomic mass is 32.2. The zero-order valence-electron chi connectivity index (χ0n) is 18.0. The Bertz CT molecular complexity index is 990. The Labute approximate surface area is 178 Å². The number of para-hydroxylation sites is 1. The smallest absolute Gasteiger partial charge is 0.366 e. The van der Waals surface area contributed by atoms with Crippen LogP contribution >= 0.6 is 0 Å². The van der Waals surface area contributed by atoms with Crippen LogP contribution in [0.15, 0.2) is 30.5 Å². The molecule has 166 valence electrons. The second kappa shape index (κ2) is 9.05. The highest BCUT2D eigenvalue weighted by Crippen LogP contribution is 2.26. The van der Waals surface area contributed by atoms with E-state index in [1.54, 1.807) is 32.2 Å². The third-order valence-corrected chi connectivity index (χ3v) is 6.31. The maximum atomic E-state index is 13.0. The van der Waals surface area contributed by atoms with Gasteiger partial charge in [0.2, 0.25) is 0 Å². The number of fused-ring (bicyclic) bond motifs is 1. The van der Waals surface area contributed by atoms with Gasteiger partial charge >= 0.3 is 16.3 Å². The van der Waals surface area contributed by atoms with Crippen LogP contribution in [0.4, 0.5) is 0 Å². The molecule has 0 amide bonds. The van der Waals surface area contributed by atoms with E-state index in [1.807, 2.05) is 31.1 Å².